The highest BCUT2D eigenvalue weighted by atomic mass is 16.4. The molecule has 88 valence electrons. The molecule has 0 aliphatic carbocycles. The van der Waals surface area contributed by atoms with Crippen molar-refractivity contribution in [2.45, 2.75) is 25.8 Å². The predicted octanol–water partition coefficient (Wildman–Crippen LogP) is 1.47. The number of furan rings is 1. The first-order valence-corrected chi connectivity index (χ1v) is 5.55. The van der Waals surface area contributed by atoms with E-state index in [-0.39, 0.29) is 5.56 Å². The van der Waals surface area contributed by atoms with Crippen molar-refractivity contribution in [2.75, 3.05) is 13.1 Å². The summed E-state index contributed by atoms with van der Waals surface area (Å²) in [6, 6.07) is 1.55. The second-order valence-corrected chi connectivity index (χ2v) is 3.99. The van der Waals surface area contributed by atoms with E-state index >= 15 is 0 Å². The maximum absolute atomic E-state index is 10.6. The van der Waals surface area contributed by atoms with Crippen LogP contribution in [0.15, 0.2) is 16.7 Å². The lowest BCUT2D eigenvalue weighted by Crippen LogP contribution is -2.41. The molecule has 1 saturated heterocycles. The zero-order chi connectivity index (χ0) is 11.4. The highest BCUT2D eigenvalue weighted by Crippen LogP contribution is 2.09. The summed E-state index contributed by atoms with van der Waals surface area (Å²) in [7, 11) is 0. The minimum atomic E-state index is -0.951. The number of rotatable bonds is 4. The number of piperidine rings is 1. The van der Waals surface area contributed by atoms with Crippen molar-refractivity contribution < 1.29 is 14.3 Å². The molecule has 2 N–H and O–H groups in total. The molecule has 0 amide bonds. The highest BCUT2D eigenvalue weighted by molar-refractivity contribution is 5.87. The molecular formula is C11H16N2O3. The van der Waals surface area contributed by atoms with Crippen LogP contribution in [0.5, 0.6) is 0 Å². The maximum Gasteiger partial charge on any atom is 0.338 e. The summed E-state index contributed by atoms with van der Waals surface area (Å²) in [4.78, 5) is 10.6. The first-order valence-electron chi connectivity index (χ1n) is 5.55. The third-order valence-electron chi connectivity index (χ3n) is 2.73. The lowest BCUT2D eigenvalue weighted by Gasteiger charge is -2.26. The summed E-state index contributed by atoms with van der Waals surface area (Å²) in [5, 5.41) is 10.9. The molecule has 2 heterocycles. The van der Waals surface area contributed by atoms with Crippen LogP contribution in [0.2, 0.25) is 0 Å². The van der Waals surface area contributed by atoms with E-state index in [4.69, 9.17) is 9.52 Å². The molecule has 1 aliphatic rings. The molecule has 16 heavy (non-hydrogen) atoms. The van der Waals surface area contributed by atoms with E-state index in [1.807, 2.05) is 0 Å². The lowest BCUT2D eigenvalue weighted by molar-refractivity contribution is 0.0696. The summed E-state index contributed by atoms with van der Waals surface area (Å²) < 4.78 is 5.15. The Labute approximate surface area is 94.0 Å². The summed E-state index contributed by atoms with van der Waals surface area (Å²) in [6.45, 7) is 2.65. The Hall–Kier alpha value is -1.33. The van der Waals surface area contributed by atoms with E-state index in [1.165, 1.54) is 25.5 Å². The van der Waals surface area contributed by atoms with E-state index in [1.54, 1.807) is 6.07 Å². The Bertz CT molecular complexity index is 356. The standard InChI is InChI=1S/C11H16N2O3/c14-11(15)9-6-10(16-8-9)7-12-13-4-2-1-3-5-13/h6,8,12H,1-5,7H2,(H,14,15). The second kappa shape index (κ2) is 5.14. The smallest absolute Gasteiger partial charge is 0.338 e. The zero-order valence-electron chi connectivity index (χ0n) is 9.11. The van der Waals surface area contributed by atoms with Gasteiger partial charge in [0.1, 0.15) is 12.0 Å². The molecule has 0 atom stereocenters. The molecule has 0 spiro atoms. The number of carboxylic acid groups (broad SMARTS) is 1. The van der Waals surface area contributed by atoms with Crippen LogP contribution in [0.4, 0.5) is 0 Å². The third kappa shape index (κ3) is 2.84. The van der Waals surface area contributed by atoms with E-state index in [0.717, 1.165) is 13.1 Å². The van der Waals surface area contributed by atoms with Gasteiger partial charge in [-0.25, -0.2) is 15.2 Å². The average molecular weight is 224 g/mol. The van der Waals surface area contributed by atoms with E-state index in [9.17, 15) is 4.79 Å². The van der Waals surface area contributed by atoms with Crippen LogP contribution in [0, 0.1) is 0 Å². The van der Waals surface area contributed by atoms with Gasteiger partial charge >= 0.3 is 5.97 Å². The van der Waals surface area contributed by atoms with E-state index in [2.05, 4.69) is 10.4 Å². The minimum Gasteiger partial charge on any atom is -0.478 e. The van der Waals surface area contributed by atoms with Crippen molar-refractivity contribution in [2.24, 2.45) is 0 Å². The molecule has 5 heteroatoms. The molecule has 0 unspecified atom stereocenters. The van der Waals surface area contributed by atoms with Crippen molar-refractivity contribution in [3.8, 4) is 0 Å². The van der Waals surface area contributed by atoms with Crippen molar-refractivity contribution in [3.05, 3.63) is 23.7 Å². The minimum absolute atomic E-state index is 0.204. The molecule has 2 rings (SSSR count). The number of hydrazine groups is 1. The number of carboxylic acids is 1. The third-order valence-corrected chi connectivity index (χ3v) is 2.73. The number of hydrogen-bond donors (Lipinski definition) is 2. The molecule has 1 aromatic heterocycles. The SMILES string of the molecule is O=C(O)c1coc(CNN2CCCCC2)c1. The Morgan fingerprint density at radius 2 is 2.19 bits per heavy atom. The fraction of sp³-hybridized carbons (Fsp3) is 0.545. The number of carbonyl (C=O) groups is 1. The number of nitrogens with one attached hydrogen (secondary N) is 1. The van der Waals surface area contributed by atoms with Gasteiger partial charge < -0.3 is 9.52 Å². The van der Waals surface area contributed by atoms with Crippen molar-refractivity contribution in [1.29, 1.82) is 0 Å². The summed E-state index contributed by atoms with van der Waals surface area (Å²) in [5.74, 6) is -0.295. The normalized spacial score (nSPS) is 17.5. The van der Waals surface area contributed by atoms with Crippen LogP contribution in [-0.2, 0) is 6.54 Å². The van der Waals surface area contributed by atoms with Gasteiger partial charge in [0.05, 0.1) is 12.1 Å². The Kier molecular flexibility index (Phi) is 3.58. The van der Waals surface area contributed by atoms with E-state index < -0.39 is 5.97 Å². The number of nitrogens with zero attached hydrogens (tertiary/aromatic N) is 1. The number of hydrogen-bond acceptors (Lipinski definition) is 4. The van der Waals surface area contributed by atoms with Gasteiger partial charge in [0, 0.05) is 13.1 Å². The summed E-state index contributed by atoms with van der Waals surface area (Å²) in [6.07, 6.45) is 4.99. The van der Waals surface area contributed by atoms with Crippen LogP contribution in [0.3, 0.4) is 0 Å². The van der Waals surface area contributed by atoms with Gasteiger partial charge in [0.25, 0.3) is 0 Å². The number of aromatic carboxylic acids is 1. The molecule has 0 aromatic carbocycles. The largest absolute Gasteiger partial charge is 0.478 e. The highest BCUT2D eigenvalue weighted by Gasteiger charge is 2.11. The molecule has 1 fully saturated rings. The van der Waals surface area contributed by atoms with Crippen LogP contribution >= 0.6 is 0 Å². The van der Waals surface area contributed by atoms with Gasteiger partial charge in [-0.15, -0.1) is 0 Å². The molecule has 1 aliphatic heterocycles. The second-order valence-electron chi connectivity index (χ2n) is 3.99. The molecule has 5 nitrogen and oxygen atoms in total. The van der Waals surface area contributed by atoms with Gasteiger partial charge in [-0.1, -0.05) is 6.42 Å². The molecule has 1 aromatic rings. The van der Waals surface area contributed by atoms with Crippen molar-refractivity contribution in [1.82, 2.24) is 10.4 Å². The van der Waals surface area contributed by atoms with Crippen LogP contribution in [-0.4, -0.2) is 29.2 Å². The van der Waals surface area contributed by atoms with Crippen LogP contribution < -0.4 is 5.43 Å². The van der Waals surface area contributed by atoms with Gasteiger partial charge in [-0.05, 0) is 18.9 Å². The van der Waals surface area contributed by atoms with Gasteiger partial charge in [-0.2, -0.15) is 0 Å². The molecule has 0 radical (unpaired) electrons. The maximum atomic E-state index is 10.6. The van der Waals surface area contributed by atoms with Gasteiger partial charge in [0.15, 0.2) is 0 Å². The Morgan fingerprint density at radius 3 is 2.81 bits per heavy atom. The summed E-state index contributed by atoms with van der Waals surface area (Å²) >= 11 is 0. The van der Waals surface area contributed by atoms with E-state index in [0.29, 0.717) is 12.3 Å². The fourth-order valence-corrected chi connectivity index (χ4v) is 1.83. The molecule has 0 bridgehead atoms. The van der Waals surface area contributed by atoms with Gasteiger partial charge in [-0.3, -0.25) is 0 Å². The zero-order valence-corrected chi connectivity index (χ0v) is 9.11. The predicted molar refractivity (Wildman–Crippen MR) is 57.9 cm³/mol. The van der Waals surface area contributed by atoms with Gasteiger partial charge in [0.2, 0.25) is 0 Å². The first-order chi connectivity index (χ1) is 7.75. The monoisotopic (exact) mass is 224 g/mol. The molecule has 0 saturated carbocycles. The summed E-state index contributed by atoms with van der Waals surface area (Å²) in [5.41, 5.74) is 3.44. The average Bonchev–Trinajstić information content (AvgIpc) is 2.76. The quantitative estimate of drug-likeness (QED) is 0.810. The van der Waals surface area contributed by atoms with Crippen molar-refractivity contribution >= 4 is 5.97 Å². The van der Waals surface area contributed by atoms with Crippen molar-refractivity contribution in [3.63, 3.8) is 0 Å². The molecular weight excluding hydrogens is 208 g/mol. The Morgan fingerprint density at radius 1 is 1.44 bits per heavy atom. The Balaban J connectivity index is 1.81. The first kappa shape index (κ1) is 11.2. The van der Waals surface area contributed by atoms with Crippen LogP contribution in [0.1, 0.15) is 35.4 Å². The van der Waals surface area contributed by atoms with Crippen LogP contribution in [0.25, 0.3) is 0 Å². The lowest BCUT2D eigenvalue weighted by atomic mass is 10.2. The fourth-order valence-electron chi connectivity index (χ4n) is 1.83. The topological polar surface area (TPSA) is 65.7 Å².